The van der Waals surface area contributed by atoms with Crippen LogP contribution >= 0.6 is 0 Å². The highest BCUT2D eigenvalue weighted by molar-refractivity contribution is 5.61. The number of hydrogen-bond acceptors (Lipinski definition) is 6. The molecule has 2 aliphatic rings. The zero-order chi connectivity index (χ0) is 12.7. The summed E-state index contributed by atoms with van der Waals surface area (Å²) in [4.78, 5) is 10.7. The Hall–Kier alpha value is -1.56. The SMILES string of the molecule is CNC1CN(c2nc(N)nc(N)c2CC2CC2)C1. The van der Waals surface area contributed by atoms with Gasteiger partial charge in [0.05, 0.1) is 0 Å². The van der Waals surface area contributed by atoms with E-state index in [1.54, 1.807) is 0 Å². The molecule has 6 heteroatoms. The summed E-state index contributed by atoms with van der Waals surface area (Å²) in [7, 11) is 1.98. The molecule has 2 fully saturated rings. The third-order valence-electron chi connectivity index (χ3n) is 3.81. The molecule has 0 atom stereocenters. The van der Waals surface area contributed by atoms with Crippen LogP contribution in [0.15, 0.2) is 0 Å². The lowest BCUT2D eigenvalue weighted by molar-refractivity contribution is 0.446. The monoisotopic (exact) mass is 248 g/mol. The molecule has 0 radical (unpaired) electrons. The molecule has 98 valence electrons. The van der Waals surface area contributed by atoms with Gasteiger partial charge in [-0.1, -0.05) is 0 Å². The van der Waals surface area contributed by atoms with Crippen molar-refractivity contribution < 1.29 is 0 Å². The Morgan fingerprint density at radius 1 is 1.28 bits per heavy atom. The second kappa shape index (κ2) is 4.28. The summed E-state index contributed by atoms with van der Waals surface area (Å²) in [6.07, 6.45) is 3.58. The molecule has 1 aromatic rings. The fourth-order valence-electron chi connectivity index (χ4n) is 2.41. The Morgan fingerprint density at radius 3 is 2.61 bits per heavy atom. The van der Waals surface area contributed by atoms with Gasteiger partial charge in [0, 0.05) is 24.7 Å². The van der Waals surface area contributed by atoms with Crippen LogP contribution in [0.25, 0.3) is 0 Å². The summed E-state index contributed by atoms with van der Waals surface area (Å²) >= 11 is 0. The smallest absolute Gasteiger partial charge is 0.223 e. The van der Waals surface area contributed by atoms with E-state index in [9.17, 15) is 0 Å². The first-order valence-corrected chi connectivity index (χ1v) is 6.51. The molecule has 1 saturated heterocycles. The standard InChI is InChI=1S/C12H20N6/c1-15-8-5-18(6-8)11-9(4-7-2-3-7)10(13)16-12(14)17-11/h7-8,15H,2-6H2,1H3,(H4,13,14,16,17). The van der Waals surface area contributed by atoms with Gasteiger partial charge in [0.15, 0.2) is 0 Å². The zero-order valence-electron chi connectivity index (χ0n) is 10.7. The van der Waals surface area contributed by atoms with E-state index in [4.69, 9.17) is 11.5 Å². The number of nitrogens with one attached hydrogen (secondary N) is 1. The predicted molar refractivity (Wildman–Crippen MR) is 72.3 cm³/mol. The van der Waals surface area contributed by atoms with Gasteiger partial charge in [0.1, 0.15) is 11.6 Å². The van der Waals surface area contributed by atoms with Crippen molar-refractivity contribution in [1.82, 2.24) is 15.3 Å². The second-order valence-electron chi connectivity index (χ2n) is 5.31. The van der Waals surface area contributed by atoms with E-state index in [2.05, 4.69) is 20.2 Å². The summed E-state index contributed by atoms with van der Waals surface area (Å²) in [5, 5.41) is 3.26. The molecule has 2 heterocycles. The number of aromatic nitrogens is 2. The minimum absolute atomic E-state index is 0.273. The van der Waals surface area contributed by atoms with Crippen molar-refractivity contribution in [2.24, 2.45) is 5.92 Å². The number of rotatable bonds is 4. The van der Waals surface area contributed by atoms with E-state index in [-0.39, 0.29) is 5.95 Å². The first-order chi connectivity index (χ1) is 8.67. The highest BCUT2D eigenvalue weighted by Crippen LogP contribution is 2.37. The molecule has 5 N–H and O–H groups in total. The van der Waals surface area contributed by atoms with Crippen LogP contribution in [0.2, 0.25) is 0 Å². The fraction of sp³-hybridized carbons (Fsp3) is 0.667. The van der Waals surface area contributed by atoms with E-state index >= 15 is 0 Å². The number of nitrogens with two attached hydrogens (primary N) is 2. The molecular weight excluding hydrogens is 228 g/mol. The highest BCUT2D eigenvalue weighted by atomic mass is 15.3. The number of nitrogen functional groups attached to an aromatic ring is 2. The molecule has 18 heavy (non-hydrogen) atoms. The minimum Gasteiger partial charge on any atom is -0.383 e. The molecule has 0 unspecified atom stereocenters. The maximum atomic E-state index is 6.01. The van der Waals surface area contributed by atoms with Crippen LogP contribution in [-0.2, 0) is 6.42 Å². The van der Waals surface area contributed by atoms with Gasteiger partial charge in [-0.2, -0.15) is 9.97 Å². The molecule has 3 rings (SSSR count). The van der Waals surface area contributed by atoms with Crippen LogP contribution in [0.4, 0.5) is 17.6 Å². The summed E-state index contributed by atoms with van der Waals surface area (Å²) in [5.41, 5.74) is 12.8. The molecule has 6 nitrogen and oxygen atoms in total. The van der Waals surface area contributed by atoms with E-state index in [0.29, 0.717) is 11.9 Å². The number of likely N-dealkylation sites (N-methyl/N-ethyl adjacent to an activating group) is 1. The Balaban J connectivity index is 1.86. The van der Waals surface area contributed by atoms with Crippen LogP contribution in [-0.4, -0.2) is 36.1 Å². The van der Waals surface area contributed by atoms with Gasteiger partial charge in [0.25, 0.3) is 0 Å². The van der Waals surface area contributed by atoms with Gasteiger partial charge in [-0.05, 0) is 32.2 Å². The van der Waals surface area contributed by atoms with Gasteiger partial charge in [-0.15, -0.1) is 0 Å². The molecule has 0 bridgehead atoms. The lowest BCUT2D eigenvalue weighted by Gasteiger charge is -2.41. The maximum absolute atomic E-state index is 6.01. The van der Waals surface area contributed by atoms with Crippen molar-refractivity contribution >= 4 is 17.6 Å². The Morgan fingerprint density at radius 2 is 2.00 bits per heavy atom. The molecular formula is C12H20N6. The molecule has 1 saturated carbocycles. The lowest BCUT2D eigenvalue weighted by Crippen LogP contribution is -2.57. The van der Waals surface area contributed by atoms with Crippen LogP contribution in [0, 0.1) is 5.92 Å². The summed E-state index contributed by atoms with van der Waals surface area (Å²) < 4.78 is 0. The van der Waals surface area contributed by atoms with Crippen molar-refractivity contribution in [3.05, 3.63) is 5.56 Å². The van der Waals surface area contributed by atoms with Gasteiger partial charge < -0.3 is 21.7 Å². The molecule has 1 aliphatic carbocycles. The van der Waals surface area contributed by atoms with E-state index < -0.39 is 0 Å². The minimum atomic E-state index is 0.273. The van der Waals surface area contributed by atoms with Crippen molar-refractivity contribution in [3.63, 3.8) is 0 Å². The number of nitrogens with zero attached hydrogens (tertiary/aromatic N) is 3. The Labute approximate surface area is 107 Å². The van der Waals surface area contributed by atoms with Gasteiger partial charge in [-0.3, -0.25) is 0 Å². The average molecular weight is 248 g/mol. The van der Waals surface area contributed by atoms with Crippen LogP contribution in [0.3, 0.4) is 0 Å². The first-order valence-electron chi connectivity index (χ1n) is 6.51. The Kier molecular flexibility index (Phi) is 2.74. The summed E-state index contributed by atoms with van der Waals surface area (Å²) in [6.45, 7) is 1.92. The second-order valence-corrected chi connectivity index (χ2v) is 5.31. The largest absolute Gasteiger partial charge is 0.383 e. The van der Waals surface area contributed by atoms with Crippen LogP contribution < -0.4 is 21.7 Å². The maximum Gasteiger partial charge on any atom is 0.223 e. The predicted octanol–water partition coefficient (Wildman–Crippen LogP) is 0.00150. The van der Waals surface area contributed by atoms with E-state index in [0.717, 1.165) is 36.8 Å². The van der Waals surface area contributed by atoms with Crippen LogP contribution in [0.5, 0.6) is 0 Å². The highest BCUT2D eigenvalue weighted by Gasteiger charge is 2.31. The third-order valence-corrected chi connectivity index (χ3v) is 3.81. The third kappa shape index (κ3) is 2.08. The van der Waals surface area contributed by atoms with Crippen LogP contribution in [0.1, 0.15) is 18.4 Å². The van der Waals surface area contributed by atoms with E-state index in [1.165, 1.54) is 12.8 Å². The van der Waals surface area contributed by atoms with Gasteiger partial charge >= 0.3 is 0 Å². The molecule has 1 aromatic heterocycles. The van der Waals surface area contributed by atoms with Gasteiger partial charge in [0.2, 0.25) is 5.95 Å². The summed E-state index contributed by atoms with van der Waals surface area (Å²) in [5.74, 6) is 2.53. The average Bonchev–Trinajstić information content (AvgIpc) is 3.05. The molecule has 0 aromatic carbocycles. The van der Waals surface area contributed by atoms with Crippen molar-refractivity contribution in [2.75, 3.05) is 36.5 Å². The molecule has 1 aliphatic heterocycles. The van der Waals surface area contributed by atoms with Crippen molar-refractivity contribution in [2.45, 2.75) is 25.3 Å². The quantitative estimate of drug-likeness (QED) is 0.694. The van der Waals surface area contributed by atoms with Gasteiger partial charge in [-0.25, -0.2) is 0 Å². The number of anilines is 3. The molecule has 0 spiro atoms. The van der Waals surface area contributed by atoms with Crippen molar-refractivity contribution in [1.29, 1.82) is 0 Å². The topological polar surface area (TPSA) is 93.1 Å². The van der Waals surface area contributed by atoms with Crippen molar-refractivity contribution in [3.8, 4) is 0 Å². The normalized spacial score (nSPS) is 19.9. The molecule has 0 amide bonds. The first kappa shape index (κ1) is 11.5. The lowest BCUT2D eigenvalue weighted by atomic mass is 10.1. The van der Waals surface area contributed by atoms with E-state index in [1.807, 2.05) is 7.05 Å². The fourth-order valence-corrected chi connectivity index (χ4v) is 2.41. The zero-order valence-corrected chi connectivity index (χ0v) is 10.7. The Bertz CT molecular complexity index is 450. The summed E-state index contributed by atoms with van der Waals surface area (Å²) in [6, 6.07) is 0.538. The number of hydrogen-bond donors (Lipinski definition) is 3.